The Bertz CT molecular complexity index is 537. The highest BCUT2D eigenvalue weighted by molar-refractivity contribution is 5.95. The highest BCUT2D eigenvalue weighted by Gasteiger charge is 2.13. The molecule has 0 radical (unpaired) electrons. The molecular weight excluding hydrogens is 224 g/mol. The van der Waals surface area contributed by atoms with Crippen molar-refractivity contribution in [1.82, 2.24) is 4.98 Å². The molecule has 0 N–H and O–H groups in total. The van der Waals surface area contributed by atoms with Gasteiger partial charge in [0.25, 0.3) is 0 Å². The Morgan fingerprint density at radius 3 is 2.47 bits per heavy atom. The van der Waals surface area contributed by atoms with E-state index in [2.05, 4.69) is 4.98 Å². The van der Waals surface area contributed by atoms with Crippen molar-refractivity contribution in [2.24, 2.45) is 0 Å². The van der Waals surface area contributed by atoms with Crippen LogP contribution in [0.4, 0.5) is 8.78 Å². The summed E-state index contributed by atoms with van der Waals surface area (Å²) in [4.78, 5) is 15.4. The second-order valence-corrected chi connectivity index (χ2v) is 3.56. The Morgan fingerprint density at radius 1 is 1.12 bits per heavy atom. The lowest BCUT2D eigenvalue weighted by Crippen LogP contribution is -2.08. The number of hydrogen-bond acceptors (Lipinski definition) is 2. The fraction of sp³-hybridized carbons (Fsp3) is 0.0769. The molecule has 86 valence electrons. The van der Waals surface area contributed by atoms with E-state index in [0.29, 0.717) is 5.56 Å². The predicted molar refractivity (Wildman–Crippen MR) is 58.6 cm³/mol. The molecule has 0 atom stereocenters. The summed E-state index contributed by atoms with van der Waals surface area (Å²) in [6.07, 6.45) is 1.37. The maximum absolute atomic E-state index is 13.3. The molecule has 17 heavy (non-hydrogen) atoms. The monoisotopic (exact) mass is 233 g/mol. The minimum atomic E-state index is -0.639. The lowest BCUT2D eigenvalue weighted by molar-refractivity contribution is 0.0984. The first-order valence-electron chi connectivity index (χ1n) is 5.05. The van der Waals surface area contributed by atoms with Gasteiger partial charge in [0.05, 0.1) is 0 Å². The molecule has 1 heterocycles. The molecule has 4 heteroatoms. The van der Waals surface area contributed by atoms with E-state index in [4.69, 9.17) is 0 Å². The topological polar surface area (TPSA) is 30.0 Å². The van der Waals surface area contributed by atoms with Gasteiger partial charge in [-0.05, 0) is 29.8 Å². The first-order valence-corrected chi connectivity index (χ1v) is 5.05. The minimum absolute atomic E-state index is 0.00815. The van der Waals surface area contributed by atoms with E-state index < -0.39 is 11.6 Å². The van der Waals surface area contributed by atoms with E-state index in [0.717, 1.165) is 0 Å². The van der Waals surface area contributed by atoms with Crippen molar-refractivity contribution >= 4 is 5.78 Å². The van der Waals surface area contributed by atoms with Gasteiger partial charge in [-0.25, -0.2) is 8.78 Å². The molecule has 0 unspecified atom stereocenters. The number of carbonyl (C=O) groups is 1. The number of benzene rings is 1. The van der Waals surface area contributed by atoms with Crippen molar-refractivity contribution in [1.29, 1.82) is 0 Å². The van der Waals surface area contributed by atoms with Gasteiger partial charge in [-0.3, -0.25) is 9.78 Å². The molecular formula is C13H9F2NO. The van der Waals surface area contributed by atoms with Crippen LogP contribution in [-0.2, 0) is 6.42 Å². The third-order valence-electron chi connectivity index (χ3n) is 2.30. The maximum atomic E-state index is 13.3. The maximum Gasteiger partial charge on any atom is 0.188 e. The Kier molecular flexibility index (Phi) is 3.23. The molecule has 0 aliphatic heterocycles. The fourth-order valence-corrected chi connectivity index (χ4v) is 1.46. The molecule has 0 fully saturated rings. The smallest absolute Gasteiger partial charge is 0.188 e. The normalized spacial score (nSPS) is 10.2. The molecule has 0 aliphatic carbocycles. The second-order valence-electron chi connectivity index (χ2n) is 3.56. The summed E-state index contributed by atoms with van der Waals surface area (Å²) in [6, 6.07) is 8.12. The zero-order valence-corrected chi connectivity index (χ0v) is 8.86. The van der Waals surface area contributed by atoms with Gasteiger partial charge in [-0.1, -0.05) is 12.1 Å². The van der Waals surface area contributed by atoms with E-state index in [-0.39, 0.29) is 17.9 Å². The van der Waals surface area contributed by atoms with Crippen LogP contribution in [-0.4, -0.2) is 10.8 Å². The number of hydrogen-bond donors (Lipinski definition) is 0. The van der Waals surface area contributed by atoms with Gasteiger partial charge in [0.1, 0.15) is 11.5 Å². The summed E-state index contributed by atoms with van der Waals surface area (Å²) < 4.78 is 25.9. The van der Waals surface area contributed by atoms with Crippen LogP contribution in [0.3, 0.4) is 0 Å². The largest absolute Gasteiger partial charge is 0.292 e. The summed E-state index contributed by atoms with van der Waals surface area (Å²) in [7, 11) is 0. The zero-order chi connectivity index (χ0) is 12.3. The molecule has 0 saturated carbocycles. The Labute approximate surface area is 96.9 Å². The van der Waals surface area contributed by atoms with E-state index in [1.807, 2.05) is 0 Å². The SMILES string of the molecule is O=C(Cc1ccc(F)cc1)c1ncccc1F. The quantitative estimate of drug-likeness (QED) is 0.763. The molecule has 2 aromatic rings. The molecule has 1 aromatic heterocycles. The lowest BCUT2D eigenvalue weighted by Gasteiger charge is -2.01. The third-order valence-corrected chi connectivity index (χ3v) is 2.30. The van der Waals surface area contributed by atoms with Crippen molar-refractivity contribution < 1.29 is 13.6 Å². The van der Waals surface area contributed by atoms with Crippen LogP contribution in [0.1, 0.15) is 16.1 Å². The molecule has 0 spiro atoms. The van der Waals surface area contributed by atoms with E-state index in [9.17, 15) is 13.6 Å². The highest BCUT2D eigenvalue weighted by Crippen LogP contribution is 2.09. The minimum Gasteiger partial charge on any atom is -0.292 e. The number of pyridine rings is 1. The summed E-state index contributed by atoms with van der Waals surface area (Å²) >= 11 is 0. The second kappa shape index (κ2) is 4.82. The summed E-state index contributed by atoms with van der Waals surface area (Å²) in [5.74, 6) is -1.43. The third kappa shape index (κ3) is 2.72. The zero-order valence-electron chi connectivity index (χ0n) is 8.86. The summed E-state index contributed by atoms with van der Waals surface area (Å²) in [6.45, 7) is 0. The predicted octanol–water partition coefficient (Wildman–Crippen LogP) is 2.79. The van der Waals surface area contributed by atoms with Crippen molar-refractivity contribution in [2.75, 3.05) is 0 Å². The van der Waals surface area contributed by atoms with Crippen molar-refractivity contribution in [2.45, 2.75) is 6.42 Å². The molecule has 0 aliphatic rings. The number of carbonyl (C=O) groups excluding carboxylic acids is 1. The summed E-state index contributed by atoms with van der Waals surface area (Å²) in [5.41, 5.74) is 0.443. The standard InChI is InChI=1S/C13H9F2NO/c14-10-5-3-9(4-6-10)8-12(17)13-11(15)2-1-7-16-13/h1-7H,8H2. The molecule has 2 nitrogen and oxygen atoms in total. The number of aromatic nitrogens is 1. The molecule has 1 aromatic carbocycles. The van der Waals surface area contributed by atoms with Gasteiger partial charge in [-0.15, -0.1) is 0 Å². The summed E-state index contributed by atoms with van der Waals surface area (Å²) in [5, 5.41) is 0. The van der Waals surface area contributed by atoms with Gasteiger partial charge in [-0.2, -0.15) is 0 Å². The van der Waals surface area contributed by atoms with Gasteiger partial charge < -0.3 is 0 Å². The number of rotatable bonds is 3. The first kappa shape index (κ1) is 11.4. The van der Waals surface area contributed by atoms with E-state index >= 15 is 0 Å². The van der Waals surface area contributed by atoms with Gasteiger partial charge in [0.2, 0.25) is 0 Å². The molecule has 2 rings (SSSR count). The van der Waals surface area contributed by atoms with Crippen molar-refractivity contribution in [3.8, 4) is 0 Å². The van der Waals surface area contributed by atoms with Crippen LogP contribution < -0.4 is 0 Å². The lowest BCUT2D eigenvalue weighted by atomic mass is 10.1. The van der Waals surface area contributed by atoms with Crippen molar-refractivity contribution in [3.63, 3.8) is 0 Å². The number of Topliss-reactive ketones (excluding diaryl/α,β-unsaturated/α-hetero) is 1. The average molecular weight is 233 g/mol. The van der Waals surface area contributed by atoms with E-state index in [1.54, 1.807) is 0 Å². The van der Waals surface area contributed by atoms with Crippen LogP contribution in [0, 0.1) is 11.6 Å². The Hall–Kier alpha value is -2.10. The van der Waals surface area contributed by atoms with Gasteiger partial charge in [0.15, 0.2) is 11.6 Å². The molecule has 0 amide bonds. The van der Waals surface area contributed by atoms with Gasteiger partial charge >= 0.3 is 0 Å². The van der Waals surface area contributed by atoms with Crippen LogP contribution >= 0.6 is 0 Å². The average Bonchev–Trinajstić information content (AvgIpc) is 2.32. The van der Waals surface area contributed by atoms with Crippen LogP contribution in [0.25, 0.3) is 0 Å². The molecule has 0 saturated heterocycles. The highest BCUT2D eigenvalue weighted by atomic mass is 19.1. The van der Waals surface area contributed by atoms with Crippen LogP contribution in [0.5, 0.6) is 0 Å². The fourth-order valence-electron chi connectivity index (χ4n) is 1.46. The Morgan fingerprint density at radius 2 is 1.82 bits per heavy atom. The van der Waals surface area contributed by atoms with E-state index in [1.165, 1.54) is 42.6 Å². The first-order chi connectivity index (χ1) is 8.16. The van der Waals surface area contributed by atoms with Gasteiger partial charge in [0, 0.05) is 12.6 Å². The van der Waals surface area contributed by atoms with Crippen LogP contribution in [0.2, 0.25) is 0 Å². The number of ketones is 1. The molecule has 0 bridgehead atoms. The van der Waals surface area contributed by atoms with Crippen molar-refractivity contribution in [3.05, 3.63) is 65.5 Å². The number of halogens is 2. The van der Waals surface area contributed by atoms with Crippen LogP contribution in [0.15, 0.2) is 42.6 Å². The Balaban J connectivity index is 2.17. The number of nitrogens with zero attached hydrogens (tertiary/aromatic N) is 1.